The molecule has 12 nitrogen and oxygen atoms in total. The summed E-state index contributed by atoms with van der Waals surface area (Å²) in [7, 11) is 0. The van der Waals surface area contributed by atoms with Crippen LogP contribution >= 0.6 is 0 Å². The lowest BCUT2D eigenvalue weighted by atomic mass is 10.2. The van der Waals surface area contributed by atoms with E-state index in [1.807, 2.05) is 24.3 Å². The molecule has 2 saturated heterocycles. The topological polar surface area (TPSA) is 125 Å². The summed E-state index contributed by atoms with van der Waals surface area (Å²) in [5, 5.41) is 5.52. The van der Waals surface area contributed by atoms with Crippen molar-refractivity contribution in [1.29, 1.82) is 0 Å². The number of rotatable bonds is 6. The van der Waals surface area contributed by atoms with Gasteiger partial charge in [-0.25, -0.2) is 14.8 Å². The SMILES string of the molecule is CCN1CCCN(c2nc(-c3ccc(NC(=O)Nc4cncnc4)cc3)nc(N3CCOCC3)n2)CC1. The third kappa shape index (κ3) is 6.46. The highest BCUT2D eigenvalue weighted by Gasteiger charge is 2.22. The van der Waals surface area contributed by atoms with E-state index in [4.69, 9.17) is 19.7 Å². The standard InChI is InChI=1S/C25H32N10O2/c1-2-33-8-3-9-34(11-10-33)23-30-22(31-24(32-23)35-12-14-37-15-13-35)19-4-6-20(7-5-19)28-25(36)29-21-16-26-18-27-17-21/h4-7,16-18H,2-3,8-15H2,1H3,(H2,28,29,36). The summed E-state index contributed by atoms with van der Waals surface area (Å²) in [6.45, 7) is 9.91. The van der Waals surface area contributed by atoms with Crippen LogP contribution in [0.2, 0.25) is 0 Å². The van der Waals surface area contributed by atoms with Crippen molar-refractivity contribution >= 4 is 29.3 Å². The molecule has 2 amide bonds. The third-order valence-electron chi connectivity index (χ3n) is 6.44. The lowest BCUT2D eigenvalue weighted by Gasteiger charge is -2.28. The Kier molecular flexibility index (Phi) is 7.96. The summed E-state index contributed by atoms with van der Waals surface area (Å²) in [4.78, 5) is 41.5. The van der Waals surface area contributed by atoms with Crippen LogP contribution in [0.1, 0.15) is 13.3 Å². The van der Waals surface area contributed by atoms with Crippen LogP contribution in [-0.4, -0.2) is 94.9 Å². The van der Waals surface area contributed by atoms with Gasteiger partial charge in [-0.15, -0.1) is 0 Å². The Bertz CT molecular complexity index is 1170. The molecule has 37 heavy (non-hydrogen) atoms. The predicted molar refractivity (Wildman–Crippen MR) is 142 cm³/mol. The fourth-order valence-corrected chi connectivity index (χ4v) is 4.38. The Morgan fingerprint density at radius 1 is 0.838 bits per heavy atom. The number of benzene rings is 1. The van der Waals surface area contributed by atoms with Gasteiger partial charge in [0.2, 0.25) is 11.9 Å². The molecule has 3 aromatic rings. The first-order valence-electron chi connectivity index (χ1n) is 12.7. The van der Waals surface area contributed by atoms with Gasteiger partial charge in [0, 0.05) is 44.0 Å². The van der Waals surface area contributed by atoms with Crippen molar-refractivity contribution in [1.82, 2.24) is 29.8 Å². The maximum absolute atomic E-state index is 12.3. The monoisotopic (exact) mass is 504 g/mol. The van der Waals surface area contributed by atoms with Crippen molar-refractivity contribution in [3.63, 3.8) is 0 Å². The van der Waals surface area contributed by atoms with Crippen molar-refractivity contribution in [3.05, 3.63) is 43.0 Å². The van der Waals surface area contributed by atoms with E-state index < -0.39 is 0 Å². The second-order valence-electron chi connectivity index (χ2n) is 8.92. The molecule has 5 rings (SSSR count). The van der Waals surface area contributed by atoms with Gasteiger partial charge in [0.15, 0.2) is 5.82 Å². The van der Waals surface area contributed by atoms with Crippen LogP contribution in [0.5, 0.6) is 0 Å². The van der Waals surface area contributed by atoms with Crippen LogP contribution in [0.4, 0.5) is 28.1 Å². The number of nitrogens with zero attached hydrogens (tertiary/aromatic N) is 8. The van der Waals surface area contributed by atoms with Gasteiger partial charge in [-0.2, -0.15) is 15.0 Å². The zero-order valence-electron chi connectivity index (χ0n) is 21.0. The van der Waals surface area contributed by atoms with E-state index >= 15 is 0 Å². The molecule has 0 saturated carbocycles. The number of amides is 2. The maximum atomic E-state index is 12.3. The minimum Gasteiger partial charge on any atom is -0.378 e. The predicted octanol–water partition coefficient (Wildman–Crippen LogP) is 2.34. The van der Waals surface area contributed by atoms with Crippen LogP contribution < -0.4 is 20.4 Å². The molecular weight excluding hydrogens is 472 g/mol. The second-order valence-corrected chi connectivity index (χ2v) is 8.92. The first-order valence-corrected chi connectivity index (χ1v) is 12.7. The molecule has 0 atom stereocenters. The minimum absolute atomic E-state index is 0.373. The largest absolute Gasteiger partial charge is 0.378 e. The van der Waals surface area contributed by atoms with E-state index in [0.717, 1.165) is 57.8 Å². The van der Waals surface area contributed by atoms with Crippen molar-refractivity contribution in [2.24, 2.45) is 0 Å². The van der Waals surface area contributed by atoms with Crippen LogP contribution in [0.15, 0.2) is 43.0 Å². The van der Waals surface area contributed by atoms with Gasteiger partial charge in [-0.3, -0.25) is 0 Å². The Labute approximate surface area is 216 Å². The quantitative estimate of drug-likeness (QED) is 0.517. The van der Waals surface area contributed by atoms with Gasteiger partial charge < -0.3 is 30.1 Å². The zero-order valence-corrected chi connectivity index (χ0v) is 21.0. The van der Waals surface area contributed by atoms with Crippen LogP contribution in [0, 0.1) is 0 Å². The Morgan fingerprint density at radius 3 is 2.22 bits per heavy atom. The van der Waals surface area contributed by atoms with Crippen molar-refractivity contribution in [2.75, 3.05) is 79.5 Å². The van der Waals surface area contributed by atoms with Gasteiger partial charge in [0.05, 0.1) is 31.3 Å². The normalized spacial score (nSPS) is 16.8. The smallest absolute Gasteiger partial charge is 0.323 e. The van der Waals surface area contributed by atoms with Crippen molar-refractivity contribution in [2.45, 2.75) is 13.3 Å². The van der Waals surface area contributed by atoms with Crippen LogP contribution in [-0.2, 0) is 4.74 Å². The van der Waals surface area contributed by atoms with E-state index in [9.17, 15) is 4.79 Å². The number of nitrogens with one attached hydrogen (secondary N) is 2. The molecule has 2 aliphatic rings. The number of hydrogen-bond acceptors (Lipinski definition) is 10. The highest BCUT2D eigenvalue weighted by atomic mass is 16.5. The molecule has 0 radical (unpaired) electrons. The number of morpholine rings is 1. The fraction of sp³-hybridized carbons (Fsp3) is 0.440. The van der Waals surface area contributed by atoms with Gasteiger partial charge in [0.25, 0.3) is 0 Å². The fourth-order valence-electron chi connectivity index (χ4n) is 4.38. The third-order valence-corrected chi connectivity index (χ3v) is 6.44. The summed E-state index contributed by atoms with van der Waals surface area (Å²) in [5.74, 6) is 1.99. The molecule has 0 unspecified atom stereocenters. The number of likely N-dealkylation sites (N-methyl/N-ethyl adjacent to an activating group) is 1. The lowest BCUT2D eigenvalue weighted by molar-refractivity contribution is 0.122. The summed E-state index contributed by atoms with van der Waals surface area (Å²) < 4.78 is 5.53. The Hall–Kier alpha value is -3.90. The first-order chi connectivity index (χ1) is 18.2. The molecule has 2 N–H and O–H groups in total. The van der Waals surface area contributed by atoms with Crippen LogP contribution in [0.3, 0.4) is 0 Å². The first kappa shape index (κ1) is 24.8. The van der Waals surface area contributed by atoms with Gasteiger partial charge in [0.1, 0.15) is 6.33 Å². The van der Waals surface area contributed by atoms with Crippen LogP contribution in [0.25, 0.3) is 11.4 Å². The molecule has 194 valence electrons. The molecule has 12 heteroatoms. The van der Waals surface area contributed by atoms with Gasteiger partial charge in [-0.05, 0) is 43.8 Å². The molecule has 4 heterocycles. The summed E-state index contributed by atoms with van der Waals surface area (Å²) in [5.41, 5.74) is 2.01. The van der Waals surface area contributed by atoms with E-state index in [2.05, 4.69) is 42.2 Å². The van der Waals surface area contributed by atoms with E-state index in [0.29, 0.717) is 42.3 Å². The van der Waals surface area contributed by atoms with Crippen molar-refractivity contribution < 1.29 is 9.53 Å². The average molecular weight is 505 g/mol. The average Bonchev–Trinajstić information content (AvgIpc) is 3.20. The number of ether oxygens (including phenoxy) is 1. The number of anilines is 4. The summed E-state index contributed by atoms with van der Waals surface area (Å²) >= 11 is 0. The number of carbonyl (C=O) groups is 1. The maximum Gasteiger partial charge on any atom is 0.323 e. The van der Waals surface area contributed by atoms with E-state index in [1.165, 1.54) is 18.7 Å². The van der Waals surface area contributed by atoms with Gasteiger partial charge in [-0.1, -0.05) is 6.92 Å². The number of aromatic nitrogens is 5. The molecule has 0 aliphatic carbocycles. The minimum atomic E-state index is -0.373. The molecule has 1 aromatic carbocycles. The summed E-state index contributed by atoms with van der Waals surface area (Å²) in [6, 6.07) is 7.11. The second kappa shape index (κ2) is 11.9. The van der Waals surface area contributed by atoms with Crippen molar-refractivity contribution in [3.8, 4) is 11.4 Å². The zero-order chi connectivity index (χ0) is 25.5. The summed E-state index contributed by atoms with van der Waals surface area (Å²) in [6.07, 6.45) is 5.54. The molecule has 2 fully saturated rings. The van der Waals surface area contributed by atoms with E-state index in [1.54, 1.807) is 0 Å². The van der Waals surface area contributed by atoms with E-state index in [-0.39, 0.29) is 6.03 Å². The highest BCUT2D eigenvalue weighted by molar-refractivity contribution is 5.99. The molecule has 0 bridgehead atoms. The lowest BCUT2D eigenvalue weighted by Crippen LogP contribution is -2.38. The molecular formula is C25H32N10O2. The Balaban J connectivity index is 1.36. The highest BCUT2D eigenvalue weighted by Crippen LogP contribution is 2.24. The van der Waals surface area contributed by atoms with Gasteiger partial charge >= 0.3 is 6.03 Å². The Morgan fingerprint density at radius 2 is 1.51 bits per heavy atom. The molecule has 2 aromatic heterocycles. The molecule has 0 spiro atoms. The number of hydrogen-bond donors (Lipinski definition) is 2. The number of carbonyl (C=O) groups excluding carboxylic acids is 1. The molecule has 2 aliphatic heterocycles. The number of urea groups is 1.